The SMILES string of the molecule is N[C@@H]1C[C@H](N)CN(c2nc(Nc3ccc(NC(=O)c4ccc(Cl)cc4)c(O)c3)nc(N3C[C@H](O)C[C@@H](O)C3)n2)C1. The second-order valence-electron chi connectivity index (χ2n) is 10.2. The monoisotopic (exact) mass is 569 g/mol. The van der Waals surface area contributed by atoms with E-state index >= 15 is 0 Å². The van der Waals surface area contributed by atoms with Crippen molar-refractivity contribution in [3.63, 3.8) is 0 Å². The summed E-state index contributed by atoms with van der Waals surface area (Å²) in [4.78, 5) is 29.8. The van der Waals surface area contributed by atoms with E-state index in [0.29, 0.717) is 41.7 Å². The van der Waals surface area contributed by atoms with Crippen LogP contribution in [0.4, 0.5) is 29.2 Å². The predicted octanol–water partition coefficient (Wildman–Crippen LogP) is 1.02. The number of piperidine rings is 2. The highest BCUT2D eigenvalue weighted by atomic mass is 35.5. The molecule has 3 aromatic rings. The first-order valence-electron chi connectivity index (χ1n) is 12.9. The van der Waals surface area contributed by atoms with Crippen molar-refractivity contribution in [3.8, 4) is 5.75 Å². The van der Waals surface area contributed by atoms with Crippen LogP contribution in [0.2, 0.25) is 5.02 Å². The van der Waals surface area contributed by atoms with Crippen molar-refractivity contribution >= 4 is 46.7 Å². The molecular weight excluding hydrogens is 538 g/mol. The number of nitrogens with one attached hydrogen (secondary N) is 2. The number of carbonyl (C=O) groups is 1. The molecular formula is C26H32ClN9O4. The molecule has 0 spiro atoms. The number of nitrogens with zero attached hydrogens (tertiary/aromatic N) is 5. The second-order valence-corrected chi connectivity index (χ2v) is 10.6. The Labute approximate surface area is 235 Å². The van der Waals surface area contributed by atoms with E-state index in [-0.39, 0.29) is 54.9 Å². The minimum Gasteiger partial charge on any atom is -0.506 e. The summed E-state index contributed by atoms with van der Waals surface area (Å²) in [5, 5.41) is 37.3. The van der Waals surface area contributed by atoms with Gasteiger partial charge in [0.2, 0.25) is 17.8 Å². The summed E-state index contributed by atoms with van der Waals surface area (Å²) < 4.78 is 0. The van der Waals surface area contributed by atoms with Crippen molar-refractivity contribution in [3.05, 3.63) is 53.1 Å². The molecule has 5 rings (SSSR count). The average molecular weight is 570 g/mol. The number of phenols is 1. The summed E-state index contributed by atoms with van der Waals surface area (Å²) >= 11 is 5.89. The molecule has 0 aliphatic carbocycles. The zero-order valence-corrected chi connectivity index (χ0v) is 22.4. The van der Waals surface area contributed by atoms with Crippen LogP contribution in [-0.4, -0.2) is 86.6 Å². The number of carbonyl (C=O) groups excluding carboxylic acids is 1. The summed E-state index contributed by atoms with van der Waals surface area (Å²) in [6, 6.07) is 10.7. The van der Waals surface area contributed by atoms with E-state index in [0.717, 1.165) is 0 Å². The highest BCUT2D eigenvalue weighted by Crippen LogP contribution is 2.30. The topological polar surface area (TPSA) is 199 Å². The molecule has 40 heavy (non-hydrogen) atoms. The van der Waals surface area contributed by atoms with Crippen molar-refractivity contribution in [1.82, 2.24) is 15.0 Å². The Hall–Kier alpha value is -3.75. The fraction of sp³-hybridized carbons (Fsp3) is 0.385. The maximum absolute atomic E-state index is 12.6. The summed E-state index contributed by atoms with van der Waals surface area (Å²) in [7, 11) is 0. The lowest BCUT2D eigenvalue weighted by Crippen LogP contribution is -2.53. The lowest BCUT2D eigenvalue weighted by molar-refractivity contribution is 0.0645. The van der Waals surface area contributed by atoms with Crippen LogP contribution < -0.4 is 31.9 Å². The number of benzene rings is 2. The Kier molecular flexibility index (Phi) is 8.19. The average Bonchev–Trinajstić information content (AvgIpc) is 2.89. The fourth-order valence-electron chi connectivity index (χ4n) is 4.88. The van der Waals surface area contributed by atoms with Crippen LogP contribution in [-0.2, 0) is 0 Å². The zero-order valence-electron chi connectivity index (χ0n) is 21.6. The molecule has 9 N–H and O–H groups in total. The Balaban J connectivity index is 1.39. The molecule has 13 nitrogen and oxygen atoms in total. The molecule has 0 saturated carbocycles. The van der Waals surface area contributed by atoms with Gasteiger partial charge in [0.05, 0.1) is 17.9 Å². The van der Waals surface area contributed by atoms with Gasteiger partial charge >= 0.3 is 0 Å². The van der Waals surface area contributed by atoms with Crippen LogP contribution in [0, 0.1) is 0 Å². The molecule has 14 heteroatoms. The molecule has 0 radical (unpaired) electrons. The third-order valence-electron chi connectivity index (χ3n) is 6.71. The number of hydrogen-bond acceptors (Lipinski definition) is 12. The number of β-amino-alcohol motifs (C(OH)–C–C–N with tert-alkyl or cyclic N) is 2. The number of aliphatic hydroxyl groups excluding tert-OH is 2. The zero-order chi connectivity index (χ0) is 28.4. The number of anilines is 5. The van der Waals surface area contributed by atoms with E-state index in [1.807, 2.05) is 4.90 Å². The molecule has 1 aromatic heterocycles. The summed E-state index contributed by atoms with van der Waals surface area (Å²) in [5.41, 5.74) is 13.4. The van der Waals surface area contributed by atoms with Crippen molar-refractivity contribution in [2.45, 2.75) is 37.1 Å². The number of aliphatic hydroxyl groups is 2. The lowest BCUT2D eigenvalue weighted by atomic mass is 10.0. The molecule has 0 bridgehead atoms. The van der Waals surface area contributed by atoms with Crippen molar-refractivity contribution in [1.29, 1.82) is 0 Å². The molecule has 0 unspecified atom stereocenters. The number of rotatable bonds is 6. The Morgan fingerprint density at radius 3 is 2.08 bits per heavy atom. The molecule has 2 aromatic carbocycles. The van der Waals surface area contributed by atoms with Gasteiger partial charge in [-0.05, 0) is 42.8 Å². The number of halogens is 1. The standard InChI is InChI=1S/C26H32ClN9O4/c27-15-3-1-14(2-4-15)23(40)31-21-6-5-18(8-22(21)39)30-24-32-25(35-10-16(28)7-17(29)11-35)34-26(33-24)36-12-19(37)9-20(38)13-36/h1-6,8,16-17,19-20,37-39H,7,9-13,28-29H2,(H,31,40)(H,30,32,33,34)/t16-,17+,19-,20-/m1/s1. The Morgan fingerprint density at radius 2 is 1.48 bits per heavy atom. The van der Waals surface area contributed by atoms with E-state index in [2.05, 4.69) is 25.6 Å². The van der Waals surface area contributed by atoms with Gasteiger partial charge in [-0.25, -0.2) is 0 Å². The van der Waals surface area contributed by atoms with Crippen LogP contribution in [0.15, 0.2) is 42.5 Å². The number of aromatic nitrogens is 3. The maximum Gasteiger partial charge on any atom is 0.255 e. The van der Waals surface area contributed by atoms with Gasteiger partial charge in [-0.3, -0.25) is 4.79 Å². The number of amides is 1. The highest BCUT2D eigenvalue weighted by molar-refractivity contribution is 6.30. The van der Waals surface area contributed by atoms with E-state index in [1.165, 1.54) is 6.07 Å². The first kappa shape index (κ1) is 27.8. The molecule has 3 heterocycles. The first-order valence-corrected chi connectivity index (χ1v) is 13.3. The smallest absolute Gasteiger partial charge is 0.255 e. The number of nitrogens with two attached hydrogens (primary N) is 2. The van der Waals surface area contributed by atoms with E-state index in [4.69, 9.17) is 23.1 Å². The van der Waals surface area contributed by atoms with Crippen molar-refractivity contribution < 1.29 is 20.1 Å². The van der Waals surface area contributed by atoms with Gasteiger partial charge in [-0.1, -0.05) is 11.6 Å². The van der Waals surface area contributed by atoms with Crippen LogP contribution in [0.25, 0.3) is 0 Å². The van der Waals surface area contributed by atoms with Gasteiger partial charge in [-0.15, -0.1) is 0 Å². The van der Waals surface area contributed by atoms with Crippen molar-refractivity contribution in [2.75, 3.05) is 46.6 Å². The molecule has 1 amide bonds. The largest absolute Gasteiger partial charge is 0.506 e. The van der Waals surface area contributed by atoms with Crippen LogP contribution >= 0.6 is 11.6 Å². The predicted molar refractivity (Wildman–Crippen MR) is 152 cm³/mol. The highest BCUT2D eigenvalue weighted by Gasteiger charge is 2.29. The van der Waals surface area contributed by atoms with Gasteiger partial charge in [0.1, 0.15) is 5.75 Å². The first-order chi connectivity index (χ1) is 19.1. The van der Waals surface area contributed by atoms with Gasteiger partial charge in [0, 0.05) is 67.0 Å². The van der Waals surface area contributed by atoms with Gasteiger partial charge in [-0.2, -0.15) is 15.0 Å². The Morgan fingerprint density at radius 1 is 0.875 bits per heavy atom. The fourth-order valence-corrected chi connectivity index (χ4v) is 5.01. The van der Waals surface area contributed by atoms with E-state index < -0.39 is 18.1 Å². The molecule has 4 atom stereocenters. The minimum absolute atomic E-state index is 0.147. The van der Waals surface area contributed by atoms with Crippen LogP contribution in [0.5, 0.6) is 5.75 Å². The van der Waals surface area contributed by atoms with Gasteiger partial charge < -0.3 is 47.2 Å². The molecule has 2 aliphatic heterocycles. The van der Waals surface area contributed by atoms with E-state index in [9.17, 15) is 20.1 Å². The third-order valence-corrected chi connectivity index (χ3v) is 6.96. The van der Waals surface area contributed by atoms with Crippen LogP contribution in [0.3, 0.4) is 0 Å². The molecule has 2 fully saturated rings. The molecule has 2 aliphatic rings. The minimum atomic E-state index is -0.732. The lowest BCUT2D eigenvalue weighted by Gasteiger charge is -2.36. The normalized spacial score (nSPS) is 23.1. The molecule has 212 valence electrons. The maximum atomic E-state index is 12.6. The molecule has 2 saturated heterocycles. The number of hydrogen-bond donors (Lipinski definition) is 7. The third kappa shape index (κ3) is 6.69. The Bertz CT molecular complexity index is 1300. The summed E-state index contributed by atoms with van der Waals surface area (Å²) in [6.45, 7) is 1.51. The van der Waals surface area contributed by atoms with Crippen LogP contribution in [0.1, 0.15) is 23.2 Å². The second kappa shape index (κ2) is 11.8. The quantitative estimate of drug-likeness (QED) is 0.208. The number of aromatic hydroxyl groups is 1. The summed E-state index contributed by atoms with van der Waals surface area (Å²) in [5.74, 6) is 0.234. The van der Waals surface area contributed by atoms with Crippen molar-refractivity contribution in [2.24, 2.45) is 11.5 Å². The van der Waals surface area contributed by atoms with Gasteiger partial charge in [0.15, 0.2) is 0 Å². The summed E-state index contributed by atoms with van der Waals surface area (Å²) in [6.07, 6.45) is -0.505. The van der Waals surface area contributed by atoms with E-state index in [1.54, 1.807) is 41.3 Å². The number of phenolic OH excluding ortho intramolecular Hbond substituents is 1. The van der Waals surface area contributed by atoms with Gasteiger partial charge in [0.25, 0.3) is 5.91 Å².